The Balaban J connectivity index is 1.46. The molecule has 1 aromatic heterocycles. The number of hydrogen-bond acceptors (Lipinski definition) is 7. The molecule has 0 saturated carbocycles. The van der Waals surface area contributed by atoms with Crippen molar-refractivity contribution in [3.63, 3.8) is 0 Å². The maximum Gasteiger partial charge on any atom is 0.264 e. The average Bonchev–Trinajstić information content (AvgIpc) is 3.46. The van der Waals surface area contributed by atoms with Gasteiger partial charge in [0.05, 0.1) is 17.2 Å². The third-order valence-electron chi connectivity index (χ3n) is 7.51. The quantitative estimate of drug-likeness (QED) is 0.0962. The molecule has 1 aliphatic rings. The third-order valence-corrected chi connectivity index (χ3v) is 10.5. The van der Waals surface area contributed by atoms with Crippen LogP contribution in [0.15, 0.2) is 60.2 Å². The van der Waals surface area contributed by atoms with Crippen molar-refractivity contribution < 1.29 is 35.2 Å². The van der Waals surface area contributed by atoms with E-state index in [9.17, 15) is 21.4 Å². The predicted molar refractivity (Wildman–Crippen MR) is 172 cm³/mol. The van der Waals surface area contributed by atoms with Gasteiger partial charge in [0.1, 0.15) is 10.4 Å². The van der Waals surface area contributed by atoms with Gasteiger partial charge in [-0.1, -0.05) is 65.8 Å². The maximum absolute atomic E-state index is 11.5. The Morgan fingerprint density at radius 3 is 2.51 bits per heavy atom. The molecule has 4 aromatic rings. The number of benzene rings is 3. The molecule has 5 rings (SSSR count). The zero-order valence-corrected chi connectivity index (χ0v) is 26.9. The highest BCUT2D eigenvalue weighted by Crippen LogP contribution is 2.44. The lowest BCUT2D eigenvalue weighted by Gasteiger charge is -2.26. The minimum Gasteiger partial charge on any atom is -0.468 e. The first kappa shape index (κ1) is 31.7. The number of hydrogen-bond donors (Lipinski definition) is 2. The highest BCUT2D eigenvalue weighted by Gasteiger charge is 2.33. The van der Waals surface area contributed by atoms with Crippen LogP contribution in [0.3, 0.4) is 0 Å². The Kier molecular flexibility index (Phi) is 9.64. The molecule has 0 aliphatic carbocycles. The number of thiazole rings is 1. The summed E-state index contributed by atoms with van der Waals surface area (Å²) in [5.41, 5.74) is 2.99. The van der Waals surface area contributed by atoms with Crippen LogP contribution in [0.2, 0.25) is 5.02 Å². The van der Waals surface area contributed by atoms with Crippen molar-refractivity contribution in [1.82, 2.24) is 0 Å². The van der Waals surface area contributed by atoms with E-state index in [1.54, 1.807) is 11.3 Å². The first-order valence-corrected chi connectivity index (χ1v) is 18.5. The number of aromatic nitrogens is 1. The monoisotopic (exact) mass is 665 g/mol. The zero-order valence-electron chi connectivity index (χ0n) is 23.6. The highest BCUT2D eigenvalue weighted by molar-refractivity contribution is 7.86. The van der Waals surface area contributed by atoms with Crippen LogP contribution < -0.4 is 14.2 Å². The van der Waals surface area contributed by atoms with Crippen LogP contribution in [0.1, 0.15) is 44.0 Å². The topological polar surface area (TPSA) is 125 Å². The number of ether oxygens (including phenoxy) is 1. The van der Waals surface area contributed by atoms with E-state index in [1.165, 1.54) is 0 Å². The molecule has 0 amide bonds. The summed E-state index contributed by atoms with van der Waals surface area (Å²) in [7, 11) is -8.12. The molecule has 2 N–H and O–H groups in total. The van der Waals surface area contributed by atoms with E-state index in [-0.39, 0.29) is 24.2 Å². The summed E-state index contributed by atoms with van der Waals surface area (Å²) in [6, 6.07) is 17.7. The molecule has 0 spiro atoms. The molecule has 0 bridgehead atoms. The molecule has 1 unspecified atom stereocenters. The normalized spacial score (nSPS) is 15.8. The van der Waals surface area contributed by atoms with Crippen molar-refractivity contribution in [2.24, 2.45) is 0 Å². The second-order valence-electron chi connectivity index (χ2n) is 10.6. The van der Waals surface area contributed by atoms with Gasteiger partial charge in [0.15, 0.2) is 12.8 Å². The van der Waals surface area contributed by atoms with Crippen LogP contribution in [-0.4, -0.2) is 50.2 Å². The Labute approximate surface area is 260 Å². The van der Waals surface area contributed by atoms with Crippen molar-refractivity contribution in [3.05, 3.63) is 70.2 Å². The summed E-state index contributed by atoms with van der Waals surface area (Å²) in [6.07, 6.45) is 4.20. The fourth-order valence-electron chi connectivity index (χ4n) is 5.48. The Morgan fingerprint density at radius 1 is 1.02 bits per heavy atom. The molecule has 230 valence electrons. The number of aryl methyl sites for hydroxylation is 1. The van der Waals surface area contributed by atoms with E-state index < -0.39 is 20.2 Å². The van der Waals surface area contributed by atoms with Crippen molar-refractivity contribution >= 4 is 75.9 Å². The number of fused-ring (bicyclic) bond motifs is 4. The van der Waals surface area contributed by atoms with Crippen LogP contribution in [0, 0.1) is 0 Å². The molecular formula is C30H34ClN2O7S3+. The van der Waals surface area contributed by atoms with E-state index in [2.05, 4.69) is 22.5 Å². The summed E-state index contributed by atoms with van der Waals surface area (Å²) >= 11 is 7.94. The van der Waals surface area contributed by atoms with Crippen molar-refractivity contribution in [2.45, 2.75) is 51.8 Å². The SMILES string of the molecule is CC/C(=C\c1sc2ccc(Cl)cc2[n+]1CCCCS(=O)(=O)O)CC1Oc2ccc3ccccc3c2N1CCCS(=O)(=O)O. The van der Waals surface area contributed by atoms with Gasteiger partial charge in [-0.25, -0.2) is 0 Å². The minimum atomic E-state index is -4.10. The number of nitrogens with zero attached hydrogens (tertiary/aromatic N) is 2. The van der Waals surface area contributed by atoms with Crippen LogP contribution >= 0.6 is 22.9 Å². The summed E-state index contributed by atoms with van der Waals surface area (Å²) in [5, 5.41) is 3.66. The molecule has 3 aromatic carbocycles. The standard InChI is InChI=1S/C30H33ClN2O7S3/c1-2-21(19-29-32(14-5-6-16-42(34,35)36)25-20-23(31)11-13-27(25)41-29)18-28-33(15-7-17-43(37,38)39)30-24-9-4-3-8-22(24)10-12-26(30)40-28/h3-4,8-13,19-20,28H,2,5-7,14-18H2,1H3,(H-,34,35,36,37,38,39)/p+1/b21-19+. The first-order chi connectivity index (χ1) is 20.4. The lowest BCUT2D eigenvalue weighted by atomic mass is 10.1. The molecule has 0 radical (unpaired) electrons. The molecule has 1 atom stereocenters. The fourth-order valence-corrected chi connectivity index (χ4v) is 7.87. The van der Waals surface area contributed by atoms with E-state index in [4.69, 9.17) is 20.9 Å². The highest BCUT2D eigenvalue weighted by atomic mass is 35.5. The summed E-state index contributed by atoms with van der Waals surface area (Å²) in [4.78, 5) is 2.10. The van der Waals surface area contributed by atoms with E-state index in [1.807, 2.05) is 54.6 Å². The van der Waals surface area contributed by atoms with Gasteiger partial charge >= 0.3 is 0 Å². The molecule has 9 nitrogen and oxygen atoms in total. The van der Waals surface area contributed by atoms with Crippen molar-refractivity contribution in [2.75, 3.05) is 23.0 Å². The first-order valence-electron chi connectivity index (χ1n) is 14.1. The van der Waals surface area contributed by atoms with Gasteiger partial charge in [0, 0.05) is 41.9 Å². The predicted octanol–water partition coefficient (Wildman–Crippen LogP) is 6.35. The van der Waals surface area contributed by atoms with Gasteiger partial charge in [0.25, 0.3) is 25.2 Å². The largest absolute Gasteiger partial charge is 0.468 e. The van der Waals surface area contributed by atoms with Crippen LogP contribution in [-0.2, 0) is 26.8 Å². The molecule has 2 heterocycles. The lowest BCUT2D eigenvalue weighted by molar-refractivity contribution is -0.669. The lowest BCUT2D eigenvalue weighted by Crippen LogP contribution is -2.37. The van der Waals surface area contributed by atoms with Gasteiger partial charge in [-0.05, 0) is 42.8 Å². The Hall–Kier alpha value is -2.74. The molecular weight excluding hydrogens is 632 g/mol. The molecule has 0 fully saturated rings. The van der Waals surface area contributed by atoms with Gasteiger partial charge in [-0.2, -0.15) is 21.4 Å². The average molecular weight is 666 g/mol. The Morgan fingerprint density at radius 2 is 1.77 bits per heavy atom. The number of anilines is 1. The fraction of sp³-hybridized carbons (Fsp3) is 0.367. The minimum absolute atomic E-state index is 0.243. The summed E-state index contributed by atoms with van der Waals surface area (Å²) < 4.78 is 73.6. The van der Waals surface area contributed by atoms with Crippen molar-refractivity contribution in [1.29, 1.82) is 0 Å². The van der Waals surface area contributed by atoms with Crippen molar-refractivity contribution in [3.8, 4) is 5.75 Å². The van der Waals surface area contributed by atoms with E-state index in [0.29, 0.717) is 37.4 Å². The zero-order chi connectivity index (χ0) is 30.8. The number of halogens is 1. The van der Waals surface area contributed by atoms with Gasteiger partial charge in [-0.15, -0.1) is 0 Å². The smallest absolute Gasteiger partial charge is 0.264 e. The summed E-state index contributed by atoms with van der Waals surface area (Å²) in [6.45, 7) is 3.02. The number of rotatable bonds is 13. The van der Waals surface area contributed by atoms with E-state index >= 15 is 0 Å². The molecule has 1 aliphatic heterocycles. The third kappa shape index (κ3) is 7.86. The maximum atomic E-state index is 11.5. The molecule has 13 heteroatoms. The van der Waals surface area contributed by atoms with Gasteiger partial charge in [0.2, 0.25) is 5.52 Å². The van der Waals surface area contributed by atoms with Gasteiger partial charge < -0.3 is 9.64 Å². The van der Waals surface area contributed by atoms with Crippen LogP contribution in [0.25, 0.3) is 27.1 Å². The number of unbranched alkanes of at least 4 members (excludes halogenated alkanes) is 1. The second kappa shape index (κ2) is 13.1. The summed E-state index contributed by atoms with van der Waals surface area (Å²) in [5.74, 6) is 0.106. The second-order valence-corrected chi connectivity index (χ2v) is 15.2. The van der Waals surface area contributed by atoms with E-state index in [0.717, 1.165) is 49.4 Å². The van der Waals surface area contributed by atoms with Crippen LogP contribution in [0.4, 0.5) is 5.69 Å². The van der Waals surface area contributed by atoms with Crippen LogP contribution in [0.5, 0.6) is 5.75 Å². The molecule has 43 heavy (non-hydrogen) atoms. The molecule has 0 saturated heterocycles. The van der Waals surface area contributed by atoms with Gasteiger partial charge in [-0.3, -0.25) is 9.11 Å². The Bertz CT molecular complexity index is 1890.